The van der Waals surface area contributed by atoms with Gasteiger partial charge in [0.25, 0.3) is 0 Å². The highest BCUT2D eigenvalue weighted by Gasteiger charge is 2.27. The monoisotopic (exact) mass is 1910 g/mol. The average molecular weight is 1910 g/mol. The zero-order chi connectivity index (χ0) is 101. The van der Waals surface area contributed by atoms with Gasteiger partial charge in [-0.15, -0.1) is 0 Å². The van der Waals surface area contributed by atoms with Crippen LogP contribution in [0.3, 0.4) is 0 Å². The third-order valence-corrected chi connectivity index (χ3v) is 28.9. The first-order valence-corrected chi connectivity index (χ1v) is 48.8. The molecule has 15 nitrogen and oxygen atoms in total. The van der Waals surface area contributed by atoms with Crippen molar-refractivity contribution in [3.63, 3.8) is 0 Å². The molecule has 690 valence electrons. The van der Waals surface area contributed by atoms with Gasteiger partial charge in [-0.05, 0) is 262 Å². The van der Waals surface area contributed by atoms with Crippen LogP contribution in [0.5, 0.6) is 0 Å². The maximum atomic E-state index is 10.2. The number of hydrogen-bond donors (Lipinski definition) is 0. The topological polar surface area (TPSA) is 205 Å². The number of fused-ring (bicyclic) bond motifs is 18. The standard InChI is InChI=1S/3C45H25N5/c1-48-32-18-21-38-40-25-30(28-47)15-23-44(40)50(45(38)26-32)43-22-14-29(27-46)24-39(43)35-9-3-2-8-34(35)31-16-19-33(20-17-31)49-41-12-6-4-10-36(41)37-11-5-7-13-42(37)49;1-48-32-18-23-45-40(26-32)39-25-30(28-47)15-22-44(39)50(45)43-21-14-29(27-46)24-38(43)35-9-3-2-8-34(35)31-16-19-33(20-17-31)49-41-12-6-4-10-36(41)37-11-5-7-13-42(37)49;46-26-29-16-22-43(50-44-23-17-30(27-47)25-40(44)38-13-7-8-32(28-48)45(38)50)39(24-29)35-10-2-1-9-34(35)31-18-20-33(21-19-31)49-41-14-5-3-11-36(41)37-12-4-6-15-42(37)49/h2*2-26H;1-25H. The summed E-state index contributed by atoms with van der Waals surface area (Å²) in [6, 6.07) is 169. The third-order valence-electron chi connectivity index (χ3n) is 28.9. The highest BCUT2D eigenvalue weighted by atomic mass is 15.0. The molecular weight excluding hydrogens is 1830 g/mol. The normalized spacial score (nSPS) is 11.1. The van der Waals surface area contributed by atoms with E-state index in [0.717, 1.165) is 199 Å². The summed E-state index contributed by atoms with van der Waals surface area (Å²) >= 11 is 0. The molecule has 0 saturated heterocycles. The lowest BCUT2D eigenvalue weighted by molar-refractivity contribution is 1.17. The molecule has 6 aromatic heterocycles. The molecule has 0 atom stereocenters. The van der Waals surface area contributed by atoms with Crippen LogP contribution in [0, 0.1) is 92.5 Å². The van der Waals surface area contributed by atoms with E-state index in [0.29, 0.717) is 50.3 Å². The summed E-state index contributed by atoms with van der Waals surface area (Å²) in [6.45, 7) is 15.4. The van der Waals surface area contributed by atoms with Crippen LogP contribution in [0.2, 0.25) is 0 Å². The van der Waals surface area contributed by atoms with Crippen LogP contribution in [-0.4, -0.2) is 27.4 Å². The molecule has 0 amide bonds. The van der Waals surface area contributed by atoms with Gasteiger partial charge in [0.2, 0.25) is 0 Å². The first-order chi connectivity index (χ1) is 74.0. The van der Waals surface area contributed by atoms with Crippen LogP contribution in [0.4, 0.5) is 11.4 Å². The molecule has 0 saturated carbocycles. The number of para-hydroxylation sites is 7. The fourth-order valence-electron chi connectivity index (χ4n) is 22.2. The van der Waals surface area contributed by atoms with Crippen molar-refractivity contribution in [2.45, 2.75) is 0 Å². The van der Waals surface area contributed by atoms with Gasteiger partial charge in [-0.25, -0.2) is 9.69 Å². The SMILES string of the molecule is N#Cc1ccc(-n2c3ccc(C#N)cc3c3cccc(C#N)c32)c(-c2ccccc2-c2ccc(-n3c4ccccc4c4ccccc43)cc2)c1.[C-]#[N+]c1ccc2c(c1)c1cc(C#N)ccc1n2-c1ccc(C#N)cc1-c1ccccc1-c1ccc(-n2c3ccccc3c3ccccc32)cc1.[C-]#[N+]c1ccc2c3cc(C#N)ccc3n(-c3ccc(C#N)cc3-c3ccccc3-c3ccc(-n4c5ccccc5c5ccccc54)cc3)c2c1. The number of aromatic nitrogens is 6. The molecule has 21 aromatic carbocycles. The van der Waals surface area contributed by atoms with Crippen LogP contribution >= 0.6 is 0 Å². The van der Waals surface area contributed by atoms with Crippen molar-refractivity contribution in [3.8, 4) is 143 Å². The summed E-state index contributed by atoms with van der Waals surface area (Å²) in [5, 5.41) is 82.2. The molecule has 0 aliphatic carbocycles. The molecular formula is C135H75N15. The minimum Gasteiger partial charge on any atom is -0.310 e. The number of benzene rings is 21. The van der Waals surface area contributed by atoms with Crippen LogP contribution in [-0.2, 0) is 0 Å². The van der Waals surface area contributed by atoms with Gasteiger partial charge in [0.1, 0.15) is 6.07 Å². The minimum atomic E-state index is 0.529. The Balaban J connectivity index is 0.000000116. The van der Waals surface area contributed by atoms with Crippen LogP contribution < -0.4 is 0 Å². The molecule has 15 heteroatoms. The van der Waals surface area contributed by atoms with E-state index in [-0.39, 0.29) is 0 Å². The fourth-order valence-corrected chi connectivity index (χ4v) is 22.2. The van der Waals surface area contributed by atoms with Crippen molar-refractivity contribution < 1.29 is 0 Å². The molecule has 0 bridgehead atoms. The van der Waals surface area contributed by atoms with Crippen LogP contribution in [0.15, 0.2) is 455 Å². The van der Waals surface area contributed by atoms with Crippen molar-refractivity contribution in [1.29, 1.82) is 36.8 Å². The second-order valence-electron chi connectivity index (χ2n) is 36.9. The average Bonchev–Trinajstić information content (AvgIpc) is 1.58. The number of nitriles is 7. The number of nitrogens with zero attached hydrogens (tertiary/aromatic N) is 15. The quantitative estimate of drug-likeness (QED) is 0.108. The van der Waals surface area contributed by atoms with Gasteiger partial charge in [0.05, 0.1) is 166 Å². The highest BCUT2D eigenvalue weighted by molar-refractivity contribution is 6.17. The molecule has 0 aliphatic rings. The van der Waals surface area contributed by atoms with Gasteiger partial charge in [0.15, 0.2) is 11.4 Å². The van der Waals surface area contributed by atoms with E-state index in [4.69, 9.17) is 13.1 Å². The van der Waals surface area contributed by atoms with Gasteiger partial charge in [-0.1, -0.05) is 249 Å². The number of hydrogen-bond acceptors (Lipinski definition) is 7. The van der Waals surface area contributed by atoms with Crippen LogP contribution in [0.25, 0.3) is 241 Å². The van der Waals surface area contributed by atoms with Gasteiger partial charge < -0.3 is 27.4 Å². The van der Waals surface area contributed by atoms with E-state index < -0.39 is 0 Å². The van der Waals surface area contributed by atoms with Gasteiger partial charge in [0, 0.05) is 98.5 Å². The van der Waals surface area contributed by atoms with E-state index in [1.807, 2.05) is 194 Å². The lowest BCUT2D eigenvalue weighted by atomic mass is 9.92. The van der Waals surface area contributed by atoms with Crippen LogP contribution in [0.1, 0.15) is 38.9 Å². The third kappa shape index (κ3) is 14.9. The number of rotatable bonds is 12. The largest absolute Gasteiger partial charge is 0.310 e. The highest BCUT2D eigenvalue weighted by Crippen LogP contribution is 2.49. The van der Waals surface area contributed by atoms with Gasteiger partial charge >= 0.3 is 0 Å². The Hall–Kier alpha value is -22.2. The second kappa shape index (κ2) is 37.0. The van der Waals surface area contributed by atoms with Crippen molar-refractivity contribution in [2.75, 3.05) is 0 Å². The van der Waals surface area contributed by atoms with Gasteiger partial charge in [-0.3, -0.25) is 0 Å². The Morgan fingerprint density at radius 1 is 0.167 bits per heavy atom. The van der Waals surface area contributed by atoms with E-state index in [9.17, 15) is 36.8 Å². The maximum Gasteiger partial charge on any atom is 0.189 e. The zero-order valence-corrected chi connectivity index (χ0v) is 80.0. The lowest BCUT2D eigenvalue weighted by Gasteiger charge is -2.18. The summed E-state index contributed by atoms with van der Waals surface area (Å²) in [7, 11) is 0. The molecule has 27 rings (SSSR count). The Bertz CT molecular complexity index is 10500. The molecule has 27 aromatic rings. The Morgan fingerprint density at radius 2 is 0.420 bits per heavy atom. The summed E-state index contributed by atoms with van der Waals surface area (Å²) in [6.07, 6.45) is 0. The molecule has 0 unspecified atom stereocenters. The van der Waals surface area contributed by atoms with E-state index >= 15 is 0 Å². The minimum absolute atomic E-state index is 0.529. The Labute approximate surface area is 860 Å². The lowest BCUT2D eigenvalue weighted by Crippen LogP contribution is -2.00. The predicted molar refractivity (Wildman–Crippen MR) is 604 cm³/mol. The summed E-state index contributed by atoms with van der Waals surface area (Å²) < 4.78 is 13.4. The zero-order valence-electron chi connectivity index (χ0n) is 80.0. The molecule has 150 heavy (non-hydrogen) atoms. The fraction of sp³-hybridized carbons (Fsp3) is 0. The van der Waals surface area contributed by atoms with E-state index in [1.165, 1.54) is 32.3 Å². The summed E-state index contributed by atoms with van der Waals surface area (Å²) in [4.78, 5) is 7.39. The molecule has 0 aliphatic heterocycles. The van der Waals surface area contributed by atoms with Crippen molar-refractivity contribution in [1.82, 2.24) is 27.4 Å². The maximum absolute atomic E-state index is 10.2. The van der Waals surface area contributed by atoms with E-state index in [2.05, 4.69) is 334 Å². The van der Waals surface area contributed by atoms with Gasteiger partial charge in [-0.2, -0.15) is 36.8 Å². The summed E-state index contributed by atoms with van der Waals surface area (Å²) in [5.74, 6) is 0. The molecule has 0 fully saturated rings. The summed E-state index contributed by atoms with van der Waals surface area (Å²) in [5.41, 5.74) is 34.8. The van der Waals surface area contributed by atoms with Crippen molar-refractivity contribution >= 4 is 142 Å². The first kappa shape index (κ1) is 89.2. The Morgan fingerprint density at radius 3 is 0.767 bits per heavy atom. The molecule has 6 heterocycles. The molecule has 0 spiro atoms. The molecule has 0 radical (unpaired) electrons. The first-order valence-electron chi connectivity index (χ1n) is 48.8. The van der Waals surface area contributed by atoms with E-state index in [1.54, 1.807) is 6.07 Å². The van der Waals surface area contributed by atoms with Crippen molar-refractivity contribution in [3.05, 3.63) is 517 Å². The molecule has 0 N–H and O–H groups in total. The second-order valence-corrected chi connectivity index (χ2v) is 36.9. The smallest absolute Gasteiger partial charge is 0.189 e. The Kier molecular flexibility index (Phi) is 22.0. The van der Waals surface area contributed by atoms with Crippen molar-refractivity contribution in [2.24, 2.45) is 0 Å². The predicted octanol–water partition coefficient (Wildman–Crippen LogP) is 33.8.